The van der Waals surface area contributed by atoms with Gasteiger partial charge in [0.1, 0.15) is 6.10 Å². The van der Waals surface area contributed by atoms with Crippen LogP contribution in [-0.2, 0) is 0 Å². The van der Waals surface area contributed by atoms with E-state index in [-0.39, 0.29) is 11.9 Å². The summed E-state index contributed by atoms with van der Waals surface area (Å²) < 4.78 is 19.8. The van der Waals surface area contributed by atoms with E-state index >= 15 is 0 Å². The zero-order valence-corrected chi connectivity index (χ0v) is 10.7. The van der Waals surface area contributed by atoms with Gasteiger partial charge in [0, 0.05) is 0 Å². The summed E-state index contributed by atoms with van der Waals surface area (Å²) in [5, 5.41) is 0. The maximum atomic E-state index is 13.9. The largest absolute Gasteiger partial charge is 0.487 e. The van der Waals surface area contributed by atoms with E-state index in [0.717, 1.165) is 12.8 Å². The number of ether oxygens (including phenoxy) is 1. The SMILES string of the molecule is CCC1CCCCC1Oc1cccc(C)c1F. The number of rotatable bonds is 3. The number of hydrogen-bond acceptors (Lipinski definition) is 1. The molecule has 1 aliphatic carbocycles. The van der Waals surface area contributed by atoms with Crippen molar-refractivity contribution in [1.29, 1.82) is 0 Å². The molecular weight excluding hydrogens is 215 g/mol. The smallest absolute Gasteiger partial charge is 0.167 e. The molecule has 0 aromatic heterocycles. The summed E-state index contributed by atoms with van der Waals surface area (Å²) in [5.74, 6) is 0.812. The Kier molecular flexibility index (Phi) is 4.03. The first kappa shape index (κ1) is 12.4. The molecule has 2 unspecified atom stereocenters. The van der Waals surface area contributed by atoms with E-state index in [2.05, 4.69) is 6.92 Å². The second-order valence-corrected chi connectivity index (χ2v) is 5.00. The van der Waals surface area contributed by atoms with E-state index in [9.17, 15) is 4.39 Å². The quantitative estimate of drug-likeness (QED) is 0.751. The van der Waals surface area contributed by atoms with E-state index in [0.29, 0.717) is 17.2 Å². The predicted molar refractivity (Wildman–Crippen MR) is 67.8 cm³/mol. The molecule has 0 radical (unpaired) electrons. The van der Waals surface area contributed by atoms with Crippen molar-refractivity contribution in [3.05, 3.63) is 29.6 Å². The lowest BCUT2D eigenvalue weighted by Gasteiger charge is -2.31. The highest BCUT2D eigenvalue weighted by Crippen LogP contribution is 2.31. The maximum Gasteiger partial charge on any atom is 0.167 e. The number of halogens is 1. The Hall–Kier alpha value is -1.05. The average Bonchev–Trinajstić information content (AvgIpc) is 2.35. The van der Waals surface area contributed by atoms with Crippen LogP contribution in [0.25, 0.3) is 0 Å². The van der Waals surface area contributed by atoms with Gasteiger partial charge in [-0.05, 0) is 50.2 Å². The van der Waals surface area contributed by atoms with Gasteiger partial charge in [0.05, 0.1) is 0 Å². The molecule has 0 aliphatic heterocycles. The first-order chi connectivity index (χ1) is 8.22. The molecule has 94 valence electrons. The zero-order chi connectivity index (χ0) is 12.3. The minimum atomic E-state index is -0.201. The monoisotopic (exact) mass is 236 g/mol. The minimum Gasteiger partial charge on any atom is -0.487 e. The average molecular weight is 236 g/mol. The van der Waals surface area contributed by atoms with Gasteiger partial charge in [-0.3, -0.25) is 0 Å². The summed E-state index contributed by atoms with van der Waals surface area (Å²) >= 11 is 0. The topological polar surface area (TPSA) is 9.23 Å². The summed E-state index contributed by atoms with van der Waals surface area (Å²) in [5.41, 5.74) is 0.659. The van der Waals surface area contributed by atoms with Crippen LogP contribution in [0.2, 0.25) is 0 Å². The van der Waals surface area contributed by atoms with Crippen molar-refractivity contribution >= 4 is 0 Å². The molecule has 0 saturated heterocycles. The van der Waals surface area contributed by atoms with E-state index in [1.54, 1.807) is 19.1 Å². The molecule has 2 atom stereocenters. The van der Waals surface area contributed by atoms with Crippen molar-refractivity contribution in [3.8, 4) is 5.75 Å². The molecule has 0 bridgehead atoms. The summed E-state index contributed by atoms with van der Waals surface area (Å²) in [6.45, 7) is 3.97. The second-order valence-electron chi connectivity index (χ2n) is 5.00. The normalized spacial score (nSPS) is 24.6. The van der Waals surface area contributed by atoms with E-state index < -0.39 is 0 Å². The Bertz CT molecular complexity index is 375. The molecule has 1 aliphatic rings. The van der Waals surface area contributed by atoms with Crippen LogP contribution in [-0.4, -0.2) is 6.10 Å². The van der Waals surface area contributed by atoms with Crippen LogP contribution in [0.3, 0.4) is 0 Å². The summed E-state index contributed by atoms with van der Waals surface area (Å²) in [4.78, 5) is 0. The molecule has 1 nitrogen and oxygen atoms in total. The van der Waals surface area contributed by atoms with Crippen LogP contribution in [0.1, 0.15) is 44.6 Å². The van der Waals surface area contributed by atoms with E-state index in [1.807, 2.05) is 6.07 Å². The molecule has 0 amide bonds. The summed E-state index contributed by atoms with van der Waals surface area (Å²) in [6.07, 6.45) is 6.09. The van der Waals surface area contributed by atoms with Crippen molar-refractivity contribution < 1.29 is 9.13 Å². The molecule has 1 aromatic carbocycles. The summed E-state index contributed by atoms with van der Waals surface area (Å²) in [6, 6.07) is 5.38. The number of benzene rings is 1. The van der Waals surface area contributed by atoms with Gasteiger partial charge in [-0.15, -0.1) is 0 Å². The predicted octanol–water partition coefficient (Wildman–Crippen LogP) is 4.48. The molecule has 1 saturated carbocycles. The standard InChI is InChI=1S/C15H21FO/c1-3-12-8-4-5-9-13(12)17-14-10-6-7-11(2)15(14)16/h6-7,10,12-13H,3-5,8-9H2,1-2H3. The Morgan fingerprint density at radius 3 is 2.82 bits per heavy atom. The number of aryl methyl sites for hydroxylation is 1. The van der Waals surface area contributed by atoms with Gasteiger partial charge in [0.15, 0.2) is 11.6 Å². The van der Waals surface area contributed by atoms with Crippen molar-refractivity contribution in [3.63, 3.8) is 0 Å². The minimum absolute atomic E-state index is 0.199. The van der Waals surface area contributed by atoms with Crippen LogP contribution in [0.15, 0.2) is 18.2 Å². The van der Waals surface area contributed by atoms with Gasteiger partial charge in [-0.2, -0.15) is 0 Å². The van der Waals surface area contributed by atoms with Gasteiger partial charge < -0.3 is 4.74 Å². The van der Waals surface area contributed by atoms with Crippen LogP contribution in [0.5, 0.6) is 5.75 Å². The maximum absolute atomic E-state index is 13.9. The van der Waals surface area contributed by atoms with Crippen molar-refractivity contribution in [1.82, 2.24) is 0 Å². The van der Waals surface area contributed by atoms with Gasteiger partial charge in [-0.25, -0.2) is 4.39 Å². The first-order valence-corrected chi connectivity index (χ1v) is 6.64. The van der Waals surface area contributed by atoms with Crippen LogP contribution in [0, 0.1) is 18.7 Å². The fourth-order valence-corrected chi connectivity index (χ4v) is 2.67. The summed E-state index contributed by atoms with van der Waals surface area (Å²) in [7, 11) is 0. The fourth-order valence-electron chi connectivity index (χ4n) is 2.67. The molecule has 17 heavy (non-hydrogen) atoms. The van der Waals surface area contributed by atoms with Crippen molar-refractivity contribution in [2.24, 2.45) is 5.92 Å². The third-order valence-corrected chi connectivity index (χ3v) is 3.80. The molecule has 2 rings (SSSR count). The molecular formula is C15H21FO. The van der Waals surface area contributed by atoms with Crippen LogP contribution in [0.4, 0.5) is 4.39 Å². The van der Waals surface area contributed by atoms with Gasteiger partial charge in [-0.1, -0.05) is 25.5 Å². The molecule has 1 fully saturated rings. The Morgan fingerprint density at radius 1 is 1.29 bits per heavy atom. The molecule has 1 aromatic rings. The lowest BCUT2D eigenvalue weighted by atomic mass is 9.85. The van der Waals surface area contributed by atoms with E-state index in [1.165, 1.54) is 19.3 Å². The lowest BCUT2D eigenvalue weighted by Crippen LogP contribution is -2.30. The number of hydrogen-bond donors (Lipinski definition) is 0. The Morgan fingerprint density at radius 2 is 2.06 bits per heavy atom. The van der Waals surface area contributed by atoms with Crippen LogP contribution >= 0.6 is 0 Å². The van der Waals surface area contributed by atoms with Crippen molar-refractivity contribution in [2.45, 2.75) is 52.1 Å². The first-order valence-electron chi connectivity index (χ1n) is 6.64. The molecule has 2 heteroatoms. The molecule has 0 heterocycles. The highest BCUT2D eigenvalue weighted by atomic mass is 19.1. The highest BCUT2D eigenvalue weighted by molar-refractivity contribution is 5.30. The molecule has 0 spiro atoms. The van der Waals surface area contributed by atoms with E-state index in [4.69, 9.17) is 4.74 Å². The van der Waals surface area contributed by atoms with Gasteiger partial charge in [0.2, 0.25) is 0 Å². The Balaban J connectivity index is 2.11. The third kappa shape index (κ3) is 2.80. The second kappa shape index (κ2) is 5.52. The van der Waals surface area contributed by atoms with Gasteiger partial charge >= 0.3 is 0 Å². The fraction of sp³-hybridized carbons (Fsp3) is 0.600. The highest BCUT2D eigenvalue weighted by Gasteiger charge is 2.26. The van der Waals surface area contributed by atoms with Crippen LogP contribution < -0.4 is 4.74 Å². The van der Waals surface area contributed by atoms with Gasteiger partial charge in [0.25, 0.3) is 0 Å². The zero-order valence-electron chi connectivity index (χ0n) is 10.7. The molecule has 0 N–H and O–H groups in total. The van der Waals surface area contributed by atoms with Crippen molar-refractivity contribution in [2.75, 3.05) is 0 Å². The lowest BCUT2D eigenvalue weighted by molar-refractivity contribution is 0.0862. The third-order valence-electron chi connectivity index (χ3n) is 3.80. The Labute approximate surface area is 103 Å².